The van der Waals surface area contributed by atoms with E-state index in [0.717, 1.165) is 31.6 Å². The van der Waals surface area contributed by atoms with Crippen molar-refractivity contribution >= 4 is 28.2 Å². The summed E-state index contributed by atoms with van der Waals surface area (Å²) in [6, 6.07) is 3.33. The summed E-state index contributed by atoms with van der Waals surface area (Å²) in [4.78, 5) is 11.6. The molecule has 2 atom stereocenters. The van der Waals surface area contributed by atoms with E-state index in [1.54, 1.807) is 12.0 Å². The number of fused-ring (bicyclic) bond motifs is 3. The van der Waals surface area contributed by atoms with Crippen LogP contribution in [-0.4, -0.2) is 49.1 Å². The van der Waals surface area contributed by atoms with Crippen LogP contribution in [0.15, 0.2) is 24.5 Å². The van der Waals surface area contributed by atoms with Crippen molar-refractivity contribution in [2.45, 2.75) is 57.5 Å². The zero-order valence-corrected chi connectivity index (χ0v) is 21.8. The maximum atomic E-state index is 14.4. The van der Waals surface area contributed by atoms with Crippen LogP contribution in [0, 0.1) is 11.7 Å². The zero-order valence-electron chi connectivity index (χ0n) is 19.8. The average molecular weight is 559 g/mol. The van der Waals surface area contributed by atoms with Crippen LogP contribution in [0.25, 0.3) is 16.6 Å². The minimum Gasteiger partial charge on any atom is -0.494 e. The van der Waals surface area contributed by atoms with Gasteiger partial charge in [-0.15, -0.1) is 11.5 Å². The van der Waals surface area contributed by atoms with E-state index in [1.165, 1.54) is 37.0 Å². The van der Waals surface area contributed by atoms with E-state index in [0.29, 0.717) is 28.4 Å². The molecule has 1 aromatic carbocycles. The maximum absolute atomic E-state index is 14.4. The topological polar surface area (TPSA) is 99.4 Å². The molecule has 0 spiro atoms. The van der Waals surface area contributed by atoms with Crippen LogP contribution in [0.4, 0.5) is 16.0 Å². The van der Waals surface area contributed by atoms with Gasteiger partial charge in [-0.3, -0.25) is 5.92 Å². The molecule has 0 radical (unpaired) electrons. The van der Waals surface area contributed by atoms with Gasteiger partial charge in [-0.1, -0.05) is 6.54 Å². The molecule has 0 bridgehead atoms. The van der Waals surface area contributed by atoms with E-state index in [-0.39, 0.29) is 38.7 Å². The Morgan fingerprint density at radius 1 is 1.23 bits per heavy atom. The second-order valence-electron chi connectivity index (χ2n) is 9.45. The molecule has 35 heavy (non-hydrogen) atoms. The van der Waals surface area contributed by atoms with E-state index in [2.05, 4.69) is 33.2 Å². The Morgan fingerprint density at radius 2 is 2.06 bits per heavy atom. The summed E-state index contributed by atoms with van der Waals surface area (Å²) in [5, 5.41) is 9.84. The molecule has 3 aromatic heterocycles. The van der Waals surface area contributed by atoms with Crippen LogP contribution < -0.4 is 15.4 Å². The van der Waals surface area contributed by atoms with Crippen molar-refractivity contribution in [3.05, 3.63) is 42.1 Å². The number of nitrogens with zero attached hydrogens (tertiary/aromatic N) is 7. The number of anilines is 2. The molecule has 0 unspecified atom stereocenters. The Kier molecular flexibility index (Phi) is 6.42. The van der Waals surface area contributed by atoms with Gasteiger partial charge in [0.05, 0.1) is 24.5 Å². The van der Waals surface area contributed by atoms with E-state index < -0.39 is 5.82 Å². The van der Waals surface area contributed by atoms with E-state index in [1.807, 2.05) is 10.9 Å². The van der Waals surface area contributed by atoms with Gasteiger partial charge in [0.1, 0.15) is 0 Å². The van der Waals surface area contributed by atoms with Gasteiger partial charge < -0.3 is 20.1 Å². The zero-order chi connectivity index (χ0) is 23.4. The van der Waals surface area contributed by atoms with Crippen molar-refractivity contribution in [3.63, 3.8) is 0 Å². The number of nitrogen functional groups attached to an aromatic ring is 1. The smallest absolute Gasteiger partial charge is 0.223 e. The number of methoxy groups -OCH3 is 1. The van der Waals surface area contributed by atoms with Crippen molar-refractivity contribution < 1.29 is 30.2 Å². The largest absolute Gasteiger partial charge is 0.494 e. The molecule has 9 nitrogen and oxygen atoms in total. The summed E-state index contributed by atoms with van der Waals surface area (Å²) in [6.07, 6.45) is 9.83. The predicted octanol–water partition coefficient (Wildman–Crippen LogP) is 3.73. The molecule has 2 N–H and O–H groups in total. The summed E-state index contributed by atoms with van der Waals surface area (Å²) >= 11 is 0. The summed E-state index contributed by atoms with van der Waals surface area (Å²) in [5.74, 6) is 2.26. The van der Waals surface area contributed by atoms with Gasteiger partial charge in [0.25, 0.3) is 0 Å². The van der Waals surface area contributed by atoms with Crippen LogP contribution in [0.1, 0.15) is 50.8 Å². The number of nitrogens with two attached hydrogens (primary N) is 1. The molecule has 0 amide bonds. The normalized spacial score (nSPS) is 20.7. The van der Waals surface area contributed by atoms with Gasteiger partial charge in [-0.25, -0.2) is 14.4 Å². The summed E-state index contributed by atoms with van der Waals surface area (Å²) < 4.78 is 23.1. The average Bonchev–Trinajstić information content (AvgIpc) is 3.45. The van der Waals surface area contributed by atoms with Crippen molar-refractivity contribution in [3.8, 4) is 5.75 Å². The Hall–Kier alpha value is -2.74. The van der Waals surface area contributed by atoms with Crippen LogP contribution >= 0.6 is 0 Å². The molecular formula is C24H28FMoN8O-. The fraction of sp³-hybridized carbons (Fsp3) is 0.458. The van der Waals surface area contributed by atoms with Gasteiger partial charge in [0.15, 0.2) is 23.0 Å². The number of ether oxygens (including phenoxy) is 1. The van der Waals surface area contributed by atoms with Crippen LogP contribution in [0.3, 0.4) is 0 Å². The number of benzene rings is 1. The first-order valence-corrected chi connectivity index (χ1v) is 11.8. The Balaban J connectivity index is 0.00000253. The summed E-state index contributed by atoms with van der Waals surface area (Å²) in [7, 11) is 1.42. The van der Waals surface area contributed by atoms with Crippen LogP contribution in [0.2, 0.25) is 0 Å². The maximum Gasteiger partial charge on any atom is 0.223 e. The van der Waals surface area contributed by atoms with E-state index in [9.17, 15) is 4.39 Å². The van der Waals surface area contributed by atoms with Gasteiger partial charge >= 0.3 is 0 Å². The van der Waals surface area contributed by atoms with Crippen molar-refractivity contribution in [2.24, 2.45) is 0 Å². The van der Waals surface area contributed by atoms with Gasteiger partial charge in [-0.05, 0) is 25.8 Å². The SMILES string of the molecule is COc1cc2nc(N)n3nc([C@@H]4CC[C@H](C)N(c5cnn(C[C-]6CCC6)c5)C4)nc3c2cc1F.[Mo]. The van der Waals surface area contributed by atoms with E-state index in [4.69, 9.17) is 15.5 Å². The number of hydrogen-bond acceptors (Lipinski definition) is 7. The molecule has 4 heterocycles. The third-order valence-electron chi connectivity index (χ3n) is 7.23. The Labute approximate surface area is 217 Å². The van der Waals surface area contributed by atoms with Crippen molar-refractivity contribution in [2.75, 3.05) is 24.3 Å². The first kappa shape index (κ1) is 24.0. The van der Waals surface area contributed by atoms with Gasteiger partial charge in [0.2, 0.25) is 5.95 Å². The fourth-order valence-electron chi connectivity index (χ4n) is 5.06. The van der Waals surface area contributed by atoms with Crippen LogP contribution in [0.5, 0.6) is 5.75 Å². The minimum atomic E-state index is -0.470. The number of rotatable bonds is 5. The molecule has 4 aromatic rings. The van der Waals surface area contributed by atoms with Crippen molar-refractivity contribution in [1.82, 2.24) is 29.4 Å². The third kappa shape index (κ3) is 4.26. The van der Waals surface area contributed by atoms with Crippen molar-refractivity contribution in [1.29, 1.82) is 0 Å². The third-order valence-corrected chi connectivity index (χ3v) is 7.23. The number of piperidine rings is 1. The van der Waals surface area contributed by atoms with Gasteiger partial charge in [-0.2, -0.15) is 22.5 Å². The molecule has 1 aliphatic heterocycles. The number of aromatic nitrogens is 6. The molecule has 184 valence electrons. The monoisotopic (exact) mass is 561 g/mol. The Morgan fingerprint density at radius 3 is 2.80 bits per heavy atom. The van der Waals surface area contributed by atoms with Crippen LogP contribution in [-0.2, 0) is 27.6 Å². The molecule has 1 saturated carbocycles. The van der Waals surface area contributed by atoms with E-state index >= 15 is 0 Å². The standard InChI is InChI=1S/C24H28FN8O.Mo/c1-14-6-7-16(12-32(14)17-10-27-31(13-17)11-15-4-3-5-15)22-29-23-18-8-19(25)21(34-2)9-20(18)28-24(26)33(23)30-22;/h8-10,13-14,16H,3-7,11-12H2,1-2H3,(H2,26,28);/q-1;/t14-,16+;/m0./s1. The summed E-state index contributed by atoms with van der Waals surface area (Å²) in [5.41, 5.74) is 8.35. The summed E-state index contributed by atoms with van der Waals surface area (Å²) in [6.45, 7) is 3.95. The second-order valence-corrected chi connectivity index (χ2v) is 9.45. The second kappa shape index (κ2) is 9.37. The predicted molar refractivity (Wildman–Crippen MR) is 127 cm³/mol. The Bertz CT molecular complexity index is 1370. The molecule has 6 rings (SSSR count). The molecular weight excluding hydrogens is 531 g/mol. The number of halogens is 1. The molecule has 11 heteroatoms. The fourth-order valence-corrected chi connectivity index (χ4v) is 5.06. The molecule has 1 saturated heterocycles. The first-order chi connectivity index (χ1) is 16.5. The van der Waals surface area contributed by atoms with Gasteiger partial charge in [0, 0.05) is 57.2 Å². The first-order valence-electron chi connectivity index (χ1n) is 11.8. The molecule has 2 fully saturated rings. The quantitative estimate of drug-likeness (QED) is 0.294. The molecule has 1 aliphatic carbocycles. The minimum absolute atomic E-state index is 0. The number of hydrogen-bond donors (Lipinski definition) is 1. The molecule has 2 aliphatic rings.